The Hall–Kier alpha value is -1.14. The van der Waals surface area contributed by atoms with E-state index in [0.29, 0.717) is 24.6 Å². The second kappa shape index (κ2) is 7.62. The lowest BCUT2D eigenvalue weighted by atomic mass is 10.1. The van der Waals surface area contributed by atoms with Crippen molar-refractivity contribution >= 4 is 21.9 Å². The van der Waals surface area contributed by atoms with E-state index in [-0.39, 0.29) is 5.82 Å². The number of halogens is 2. The highest BCUT2D eigenvalue weighted by Crippen LogP contribution is 2.29. The molecule has 0 aromatic heterocycles. The van der Waals surface area contributed by atoms with Crippen LogP contribution in [-0.4, -0.2) is 49.6 Å². The summed E-state index contributed by atoms with van der Waals surface area (Å²) in [6, 6.07) is 6.34. The highest BCUT2D eigenvalue weighted by atomic mass is 79.9. The first-order valence-corrected chi connectivity index (χ1v) is 9.10. The van der Waals surface area contributed by atoms with Gasteiger partial charge in [0.1, 0.15) is 5.82 Å². The molecule has 1 saturated carbocycles. The summed E-state index contributed by atoms with van der Waals surface area (Å²) >= 11 is 3.38. The summed E-state index contributed by atoms with van der Waals surface area (Å²) in [7, 11) is 1.78. The number of hydrogen-bond acceptors (Lipinski definition) is 2. The zero-order valence-electron chi connectivity index (χ0n) is 13.5. The molecular weight excluding hydrogens is 359 g/mol. The number of benzene rings is 1. The normalized spacial score (nSPS) is 22.4. The van der Waals surface area contributed by atoms with Crippen LogP contribution in [0.25, 0.3) is 0 Å². The molecule has 1 unspecified atom stereocenters. The van der Waals surface area contributed by atoms with Crippen LogP contribution in [0.2, 0.25) is 0 Å². The molecule has 1 heterocycles. The average molecular weight is 383 g/mol. The molecule has 126 valence electrons. The minimum atomic E-state index is -0.159. The maximum atomic E-state index is 13.7. The second-order valence-electron chi connectivity index (χ2n) is 6.34. The largest absolute Gasteiger partial charge is 0.356 e. The molecule has 1 aliphatic carbocycles. The van der Waals surface area contributed by atoms with Gasteiger partial charge in [-0.3, -0.25) is 9.89 Å². The van der Waals surface area contributed by atoms with Crippen molar-refractivity contribution in [2.45, 2.75) is 37.8 Å². The lowest BCUT2D eigenvalue weighted by Gasteiger charge is -2.18. The predicted octanol–water partition coefficient (Wildman–Crippen LogP) is 2.53. The Balaban J connectivity index is 1.43. The second-order valence-corrected chi connectivity index (χ2v) is 7.26. The van der Waals surface area contributed by atoms with Crippen LogP contribution in [0.3, 0.4) is 0 Å². The van der Waals surface area contributed by atoms with Gasteiger partial charge in [0.2, 0.25) is 0 Å². The molecule has 2 aliphatic rings. The van der Waals surface area contributed by atoms with Gasteiger partial charge in [-0.05, 0) is 49.4 Å². The first-order valence-electron chi connectivity index (χ1n) is 8.31. The summed E-state index contributed by atoms with van der Waals surface area (Å²) in [5.41, 5.74) is 0.711. The van der Waals surface area contributed by atoms with Gasteiger partial charge in [0, 0.05) is 43.2 Å². The number of nitrogens with one attached hydrogen (secondary N) is 2. The summed E-state index contributed by atoms with van der Waals surface area (Å²) in [5, 5.41) is 6.77. The quantitative estimate of drug-likeness (QED) is 0.607. The van der Waals surface area contributed by atoms with Crippen molar-refractivity contribution in [2.75, 3.05) is 26.7 Å². The van der Waals surface area contributed by atoms with Crippen molar-refractivity contribution in [3.05, 3.63) is 34.1 Å². The van der Waals surface area contributed by atoms with Gasteiger partial charge in [-0.1, -0.05) is 15.9 Å². The summed E-state index contributed by atoms with van der Waals surface area (Å²) in [6.07, 6.45) is 4.51. The fourth-order valence-corrected chi connectivity index (χ4v) is 3.52. The maximum absolute atomic E-state index is 13.7. The number of guanidine groups is 1. The number of likely N-dealkylation sites (tertiary alicyclic amines) is 1. The van der Waals surface area contributed by atoms with E-state index in [2.05, 4.69) is 36.5 Å². The van der Waals surface area contributed by atoms with Crippen LogP contribution >= 0.6 is 15.9 Å². The Kier molecular flexibility index (Phi) is 5.54. The summed E-state index contributed by atoms with van der Waals surface area (Å²) in [6.45, 7) is 2.94. The standard InChI is InChI=1S/C17H24BrFN4/c1-20-17(22-14-7-9-23(11-14)15-3-4-15)21-8-6-12-10-13(18)2-5-16(12)19/h2,5,10,14-15H,3-4,6-9,11H2,1H3,(H2,20,21,22). The van der Waals surface area contributed by atoms with E-state index >= 15 is 0 Å². The van der Waals surface area contributed by atoms with Gasteiger partial charge in [-0.25, -0.2) is 4.39 Å². The van der Waals surface area contributed by atoms with Gasteiger partial charge in [0.15, 0.2) is 5.96 Å². The Labute approximate surface area is 145 Å². The van der Waals surface area contributed by atoms with Crippen LogP contribution in [0.5, 0.6) is 0 Å². The van der Waals surface area contributed by atoms with Crippen molar-refractivity contribution in [1.82, 2.24) is 15.5 Å². The van der Waals surface area contributed by atoms with Crippen LogP contribution in [0.1, 0.15) is 24.8 Å². The van der Waals surface area contributed by atoms with Gasteiger partial charge >= 0.3 is 0 Å². The molecule has 1 atom stereocenters. The minimum absolute atomic E-state index is 0.159. The molecule has 1 saturated heterocycles. The van der Waals surface area contributed by atoms with E-state index < -0.39 is 0 Å². The minimum Gasteiger partial charge on any atom is -0.356 e. The molecule has 2 N–H and O–H groups in total. The van der Waals surface area contributed by atoms with Crippen LogP contribution in [0.4, 0.5) is 4.39 Å². The van der Waals surface area contributed by atoms with Gasteiger partial charge in [-0.15, -0.1) is 0 Å². The molecule has 4 nitrogen and oxygen atoms in total. The lowest BCUT2D eigenvalue weighted by molar-refractivity contribution is 0.321. The van der Waals surface area contributed by atoms with Crippen molar-refractivity contribution < 1.29 is 4.39 Å². The number of hydrogen-bond donors (Lipinski definition) is 2. The van der Waals surface area contributed by atoms with Crippen LogP contribution in [0.15, 0.2) is 27.7 Å². The summed E-state index contributed by atoms with van der Waals surface area (Å²) in [4.78, 5) is 6.85. The van der Waals surface area contributed by atoms with Gasteiger partial charge < -0.3 is 10.6 Å². The third kappa shape index (κ3) is 4.67. The molecule has 0 radical (unpaired) electrons. The van der Waals surface area contributed by atoms with E-state index in [1.165, 1.54) is 25.5 Å². The maximum Gasteiger partial charge on any atom is 0.191 e. The highest BCUT2D eigenvalue weighted by Gasteiger charge is 2.34. The van der Waals surface area contributed by atoms with Crippen molar-refractivity contribution in [3.63, 3.8) is 0 Å². The Morgan fingerprint density at radius 2 is 2.22 bits per heavy atom. The fraction of sp³-hybridized carbons (Fsp3) is 0.588. The van der Waals surface area contributed by atoms with Crippen LogP contribution < -0.4 is 10.6 Å². The molecule has 6 heteroatoms. The van der Waals surface area contributed by atoms with E-state index in [0.717, 1.165) is 29.4 Å². The van der Waals surface area contributed by atoms with Gasteiger partial charge in [0.25, 0.3) is 0 Å². The first-order chi connectivity index (χ1) is 11.2. The van der Waals surface area contributed by atoms with Crippen molar-refractivity contribution in [1.29, 1.82) is 0 Å². The highest BCUT2D eigenvalue weighted by molar-refractivity contribution is 9.10. The predicted molar refractivity (Wildman–Crippen MR) is 95.3 cm³/mol. The Morgan fingerprint density at radius 3 is 2.96 bits per heavy atom. The van der Waals surface area contributed by atoms with Crippen LogP contribution in [0, 0.1) is 5.82 Å². The molecule has 0 spiro atoms. The molecule has 0 bridgehead atoms. The third-order valence-corrected chi connectivity index (χ3v) is 5.04. The molecule has 23 heavy (non-hydrogen) atoms. The van der Waals surface area contributed by atoms with Gasteiger partial charge in [0.05, 0.1) is 0 Å². The number of rotatable bonds is 5. The van der Waals surface area contributed by atoms with E-state index in [1.54, 1.807) is 13.1 Å². The summed E-state index contributed by atoms with van der Waals surface area (Å²) < 4.78 is 14.6. The zero-order chi connectivity index (χ0) is 16.2. The summed E-state index contributed by atoms with van der Waals surface area (Å²) in [5.74, 6) is 0.650. The molecule has 1 aromatic carbocycles. The molecule has 3 rings (SSSR count). The molecule has 2 fully saturated rings. The van der Waals surface area contributed by atoms with E-state index in [9.17, 15) is 4.39 Å². The third-order valence-electron chi connectivity index (χ3n) is 4.54. The Morgan fingerprint density at radius 1 is 1.39 bits per heavy atom. The van der Waals surface area contributed by atoms with Crippen molar-refractivity contribution in [3.8, 4) is 0 Å². The van der Waals surface area contributed by atoms with Crippen LogP contribution in [-0.2, 0) is 6.42 Å². The first kappa shape index (κ1) is 16.7. The molecular formula is C17H24BrFN4. The fourth-order valence-electron chi connectivity index (χ4n) is 3.11. The molecule has 0 amide bonds. The lowest BCUT2D eigenvalue weighted by Crippen LogP contribution is -2.45. The topological polar surface area (TPSA) is 39.7 Å². The Bertz CT molecular complexity index is 574. The van der Waals surface area contributed by atoms with E-state index in [4.69, 9.17) is 0 Å². The average Bonchev–Trinajstić information content (AvgIpc) is 3.29. The SMILES string of the molecule is CN=C(NCCc1cc(Br)ccc1F)NC1CCN(C2CC2)C1. The zero-order valence-corrected chi connectivity index (χ0v) is 15.1. The van der Waals surface area contributed by atoms with Gasteiger partial charge in [-0.2, -0.15) is 0 Å². The number of nitrogens with zero attached hydrogens (tertiary/aromatic N) is 2. The number of aliphatic imine (C=N–C) groups is 1. The smallest absolute Gasteiger partial charge is 0.191 e. The van der Waals surface area contributed by atoms with E-state index in [1.807, 2.05) is 6.07 Å². The monoisotopic (exact) mass is 382 g/mol. The molecule has 1 aliphatic heterocycles. The van der Waals surface area contributed by atoms with Crippen molar-refractivity contribution in [2.24, 2.45) is 4.99 Å². The molecule has 1 aromatic rings.